The molecule has 4 rings (SSSR count). The van der Waals surface area contributed by atoms with Crippen LogP contribution in [0.2, 0.25) is 0 Å². The highest BCUT2D eigenvalue weighted by atomic mass is 16.6. The number of aliphatic hydroxyl groups is 3. The highest BCUT2D eigenvalue weighted by Gasteiger charge is 2.45. The molecule has 0 aliphatic carbocycles. The molecular weight excluding hydrogens is 352 g/mol. The van der Waals surface area contributed by atoms with E-state index in [0.717, 1.165) is 5.56 Å². The molecule has 1 aliphatic heterocycles. The molecule has 27 heavy (non-hydrogen) atoms. The fourth-order valence-electron chi connectivity index (χ4n) is 3.16. The lowest BCUT2D eigenvalue weighted by atomic mass is 10.1. The van der Waals surface area contributed by atoms with E-state index in [2.05, 4.69) is 20.3 Å². The van der Waals surface area contributed by atoms with Crippen LogP contribution >= 0.6 is 0 Å². The average molecular weight is 372 g/mol. The van der Waals surface area contributed by atoms with Gasteiger partial charge >= 0.3 is 0 Å². The maximum Gasteiger partial charge on any atom is 0.207 e. The van der Waals surface area contributed by atoms with Gasteiger partial charge in [-0.3, -0.25) is 4.57 Å². The number of nitrogens with two attached hydrogens (primary N) is 1. The molecule has 10 nitrogen and oxygen atoms in total. The Bertz CT molecular complexity index is 934. The second-order valence-corrected chi connectivity index (χ2v) is 6.30. The summed E-state index contributed by atoms with van der Waals surface area (Å²) < 4.78 is 7.18. The van der Waals surface area contributed by atoms with Crippen molar-refractivity contribution in [2.45, 2.75) is 31.1 Å². The van der Waals surface area contributed by atoms with Crippen LogP contribution < -0.4 is 11.1 Å². The molecule has 0 radical (unpaired) electrons. The van der Waals surface area contributed by atoms with Gasteiger partial charge in [0.05, 0.1) is 6.61 Å². The molecule has 1 saturated heterocycles. The number of benzene rings is 1. The number of nitrogen functional groups attached to an aromatic ring is 1. The monoisotopic (exact) mass is 372 g/mol. The molecule has 1 aliphatic rings. The smallest absolute Gasteiger partial charge is 0.207 e. The van der Waals surface area contributed by atoms with E-state index in [1.165, 1.54) is 10.9 Å². The van der Waals surface area contributed by atoms with E-state index in [9.17, 15) is 15.3 Å². The summed E-state index contributed by atoms with van der Waals surface area (Å²) in [5.41, 5.74) is 7.64. The predicted octanol–water partition coefficient (Wildman–Crippen LogP) is -0.368. The van der Waals surface area contributed by atoms with Gasteiger partial charge in [0.1, 0.15) is 24.6 Å². The zero-order valence-corrected chi connectivity index (χ0v) is 14.3. The number of aromatic nitrogens is 4. The minimum Gasteiger partial charge on any atom is -0.394 e. The lowest BCUT2D eigenvalue weighted by Crippen LogP contribution is -2.33. The third-order valence-electron chi connectivity index (χ3n) is 4.57. The summed E-state index contributed by atoms with van der Waals surface area (Å²) in [4.78, 5) is 12.6. The quantitative estimate of drug-likeness (QED) is 0.404. The zero-order valence-electron chi connectivity index (χ0n) is 14.3. The van der Waals surface area contributed by atoms with Crippen LogP contribution in [-0.2, 0) is 11.3 Å². The molecule has 0 amide bonds. The largest absolute Gasteiger partial charge is 0.394 e. The third kappa shape index (κ3) is 3.08. The molecule has 142 valence electrons. The van der Waals surface area contributed by atoms with Crippen molar-refractivity contribution in [3.63, 3.8) is 0 Å². The molecule has 0 bridgehead atoms. The second-order valence-electron chi connectivity index (χ2n) is 6.30. The van der Waals surface area contributed by atoms with E-state index in [4.69, 9.17) is 10.5 Å². The van der Waals surface area contributed by atoms with Gasteiger partial charge in [-0.1, -0.05) is 30.3 Å². The highest BCUT2D eigenvalue weighted by molar-refractivity contribution is 5.84. The van der Waals surface area contributed by atoms with E-state index in [1.54, 1.807) is 0 Å². The zero-order chi connectivity index (χ0) is 19.0. The number of rotatable bonds is 5. The maximum atomic E-state index is 10.4. The number of hydrogen-bond acceptors (Lipinski definition) is 9. The number of aliphatic hydroxyl groups excluding tert-OH is 3. The van der Waals surface area contributed by atoms with Crippen molar-refractivity contribution in [2.75, 3.05) is 17.7 Å². The fraction of sp³-hybridized carbons (Fsp3) is 0.353. The van der Waals surface area contributed by atoms with Crippen LogP contribution in [-0.4, -0.2) is 59.8 Å². The molecule has 3 heterocycles. The summed E-state index contributed by atoms with van der Waals surface area (Å²) in [6, 6.07) is 9.69. The van der Waals surface area contributed by atoms with Gasteiger partial charge < -0.3 is 31.1 Å². The SMILES string of the molecule is Nc1ncnc2c1nc(NCc1ccccc1)n2[C@@H]1O[C@H](CO)[C@@H](O)[C@@H]1O. The maximum absolute atomic E-state index is 10.4. The summed E-state index contributed by atoms with van der Waals surface area (Å²) in [7, 11) is 0. The molecule has 3 aromatic rings. The van der Waals surface area contributed by atoms with Crippen LogP contribution in [0.5, 0.6) is 0 Å². The lowest BCUT2D eigenvalue weighted by Gasteiger charge is -2.19. The molecule has 6 N–H and O–H groups in total. The van der Waals surface area contributed by atoms with Crippen molar-refractivity contribution in [2.24, 2.45) is 0 Å². The minimum absolute atomic E-state index is 0.188. The van der Waals surface area contributed by atoms with Crippen molar-refractivity contribution in [1.29, 1.82) is 0 Å². The number of fused-ring (bicyclic) bond motifs is 1. The Morgan fingerprint density at radius 3 is 2.63 bits per heavy atom. The van der Waals surface area contributed by atoms with E-state index in [0.29, 0.717) is 23.7 Å². The van der Waals surface area contributed by atoms with Gasteiger partial charge in [-0.25, -0.2) is 15.0 Å². The van der Waals surface area contributed by atoms with E-state index < -0.39 is 31.1 Å². The van der Waals surface area contributed by atoms with E-state index in [-0.39, 0.29) is 5.82 Å². The van der Waals surface area contributed by atoms with E-state index in [1.807, 2.05) is 30.3 Å². The first-order valence-electron chi connectivity index (χ1n) is 8.48. The van der Waals surface area contributed by atoms with Crippen molar-refractivity contribution in [3.8, 4) is 0 Å². The lowest BCUT2D eigenvalue weighted by molar-refractivity contribution is -0.0501. The summed E-state index contributed by atoms with van der Waals surface area (Å²) in [5.74, 6) is 0.546. The Labute approximate surface area is 154 Å². The average Bonchev–Trinajstić information content (AvgIpc) is 3.19. The van der Waals surface area contributed by atoms with Gasteiger partial charge in [0, 0.05) is 6.54 Å². The van der Waals surface area contributed by atoms with Crippen molar-refractivity contribution in [3.05, 3.63) is 42.2 Å². The number of imidazole rings is 1. The first kappa shape index (κ1) is 17.6. The standard InChI is InChI=1S/C17H20N6O4/c18-14-11-15(21-8-20-14)23(16-13(26)12(25)10(7-24)27-16)17(22-11)19-6-9-4-2-1-3-5-9/h1-5,8,10,12-13,16,24-26H,6-7H2,(H,19,22)(H2,18,20,21)/t10-,12-,13+,16-/m1/s1. The Balaban J connectivity index is 1.74. The molecule has 0 unspecified atom stereocenters. The summed E-state index contributed by atoms with van der Waals surface area (Å²) in [6.45, 7) is 0.0392. The summed E-state index contributed by atoms with van der Waals surface area (Å²) in [6.07, 6.45) is -3.12. The highest BCUT2D eigenvalue weighted by Crippen LogP contribution is 2.35. The van der Waals surface area contributed by atoms with Gasteiger partial charge in [0.15, 0.2) is 23.2 Å². The van der Waals surface area contributed by atoms with E-state index >= 15 is 0 Å². The second kappa shape index (κ2) is 7.08. The van der Waals surface area contributed by atoms with Gasteiger partial charge in [-0.15, -0.1) is 0 Å². The van der Waals surface area contributed by atoms with Gasteiger partial charge in [-0.05, 0) is 5.56 Å². The molecule has 1 fully saturated rings. The van der Waals surface area contributed by atoms with Crippen molar-refractivity contribution < 1.29 is 20.1 Å². The molecule has 2 aromatic heterocycles. The fourth-order valence-corrected chi connectivity index (χ4v) is 3.16. The Hall–Kier alpha value is -2.79. The van der Waals surface area contributed by atoms with Gasteiger partial charge in [0.25, 0.3) is 0 Å². The van der Waals surface area contributed by atoms with Crippen LogP contribution in [0.1, 0.15) is 11.8 Å². The Kier molecular flexibility index (Phi) is 4.62. The normalized spacial score (nSPS) is 25.1. The minimum atomic E-state index is -1.27. The van der Waals surface area contributed by atoms with Crippen LogP contribution in [0.25, 0.3) is 11.2 Å². The van der Waals surface area contributed by atoms with Gasteiger partial charge in [-0.2, -0.15) is 0 Å². The predicted molar refractivity (Wildman–Crippen MR) is 96.5 cm³/mol. The molecule has 4 atom stereocenters. The third-order valence-corrected chi connectivity index (χ3v) is 4.57. The van der Waals surface area contributed by atoms with Crippen molar-refractivity contribution in [1.82, 2.24) is 19.5 Å². The number of hydrogen-bond donors (Lipinski definition) is 5. The molecule has 10 heteroatoms. The van der Waals surface area contributed by atoms with Crippen LogP contribution in [0, 0.1) is 0 Å². The summed E-state index contributed by atoms with van der Waals surface area (Å²) >= 11 is 0. The number of nitrogens with one attached hydrogen (secondary N) is 1. The molecule has 0 saturated carbocycles. The number of nitrogens with zero attached hydrogens (tertiary/aromatic N) is 4. The number of anilines is 2. The summed E-state index contributed by atoms with van der Waals surface area (Å²) in [5, 5.41) is 33.1. The first-order valence-corrected chi connectivity index (χ1v) is 8.48. The topological polar surface area (TPSA) is 152 Å². The molecule has 1 aromatic carbocycles. The first-order chi connectivity index (χ1) is 13.1. The molecule has 0 spiro atoms. The van der Waals surface area contributed by atoms with Crippen LogP contribution in [0.15, 0.2) is 36.7 Å². The Morgan fingerprint density at radius 2 is 1.93 bits per heavy atom. The van der Waals surface area contributed by atoms with Crippen LogP contribution in [0.4, 0.5) is 11.8 Å². The van der Waals surface area contributed by atoms with Crippen molar-refractivity contribution >= 4 is 22.9 Å². The molecular formula is C17H20N6O4. The van der Waals surface area contributed by atoms with Crippen LogP contribution in [0.3, 0.4) is 0 Å². The Morgan fingerprint density at radius 1 is 1.15 bits per heavy atom. The number of ether oxygens (including phenoxy) is 1. The van der Waals surface area contributed by atoms with Gasteiger partial charge in [0.2, 0.25) is 5.95 Å².